The molecule has 5 rings (SSSR count). The van der Waals surface area contributed by atoms with Crippen LogP contribution in [0.3, 0.4) is 0 Å². The van der Waals surface area contributed by atoms with Crippen LogP contribution in [0.1, 0.15) is 62.5 Å². The monoisotopic (exact) mass is 577 g/mol. The largest absolute Gasteiger partial charge is 0.350 e. The Bertz CT molecular complexity index is 1230. The van der Waals surface area contributed by atoms with Crippen molar-refractivity contribution in [3.05, 3.63) is 82.9 Å². The molecule has 220 valence electrons. The van der Waals surface area contributed by atoms with Crippen LogP contribution in [0.15, 0.2) is 66.7 Å². The van der Waals surface area contributed by atoms with Gasteiger partial charge < -0.3 is 4.74 Å². The molecule has 2 unspecified atom stereocenters. The van der Waals surface area contributed by atoms with E-state index < -0.39 is 0 Å². The molecule has 1 amide bonds. The van der Waals surface area contributed by atoms with E-state index in [-0.39, 0.29) is 12.2 Å². The van der Waals surface area contributed by atoms with Gasteiger partial charge in [0.1, 0.15) is 0 Å². The van der Waals surface area contributed by atoms with Gasteiger partial charge in [-0.05, 0) is 79.1 Å². The smallest absolute Gasteiger partial charge is 0.243 e. The van der Waals surface area contributed by atoms with Gasteiger partial charge in [0, 0.05) is 56.7 Å². The van der Waals surface area contributed by atoms with Crippen molar-refractivity contribution in [1.82, 2.24) is 15.3 Å². The molecule has 1 N–H and O–H groups in total. The number of rotatable bonds is 14. The molecule has 3 aromatic rings. The summed E-state index contributed by atoms with van der Waals surface area (Å²) in [5.74, 6) is -0.0550. The first kappa shape index (κ1) is 30.0. The second kappa shape index (κ2) is 15.7. The van der Waals surface area contributed by atoms with E-state index in [2.05, 4.69) is 69.9 Å². The van der Waals surface area contributed by atoms with Gasteiger partial charge in [0.15, 0.2) is 6.29 Å². The molecular formula is C34H44ClN3O3. The van der Waals surface area contributed by atoms with Crippen LogP contribution in [-0.4, -0.2) is 60.8 Å². The minimum absolute atomic E-state index is 0.0550. The van der Waals surface area contributed by atoms with Gasteiger partial charge in [0.25, 0.3) is 0 Å². The van der Waals surface area contributed by atoms with Gasteiger partial charge in [-0.15, -0.1) is 0 Å². The molecule has 6 nitrogen and oxygen atoms in total. The normalized spacial score (nSPS) is 19.7. The number of amides is 1. The fourth-order valence-corrected chi connectivity index (χ4v) is 6.24. The first-order chi connectivity index (χ1) is 20.1. The molecule has 0 aliphatic carbocycles. The molecule has 0 radical (unpaired) electrons. The van der Waals surface area contributed by atoms with Crippen LogP contribution in [0.2, 0.25) is 5.02 Å². The number of nitrogens with one attached hydrogen (secondary N) is 1. The maximum Gasteiger partial charge on any atom is 0.243 e. The van der Waals surface area contributed by atoms with E-state index in [1.54, 1.807) is 0 Å². The maximum atomic E-state index is 12.2. The van der Waals surface area contributed by atoms with Crippen LogP contribution >= 0.6 is 11.6 Å². The van der Waals surface area contributed by atoms with Crippen molar-refractivity contribution < 1.29 is 14.4 Å². The van der Waals surface area contributed by atoms with Gasteiger partial charge in [0.05, 0.1) is 0 Å². The number of hydrogen-bond acceptors (Lipinski definition) is 5. The lowest BCUT2D eigenvalue weighted by atomic mass is 10.0. The molecule has 2 saturated heterocycles. The number of ether oxygens (including phenoxy) is 1. The number of halogens is 1. The molecule has 0 bridgehead atoms. The Morgan fingerprint density at radius 3 is 2.68 bits per heavy atom. The molecule has 2 atom stereocenters. The van der Waals surface area contributed by atoms with Crippen LogP contribution in [0.4, 0.5) is 0 Å². The summed E-state index contributed by atoms with van der Waals surface area (Å²) in [4.78, 5) is 22.9. The van der Waals surface area contributed by atoms with E-state index in [1.807, 2.05) is 12.1 Å². The first-order valence-corrected chi connectivity index (χ1v) is 15.8. The summed E-state index contributed by atoms with van der Waals surface area (Å²) in [5.41, 5.74) is 5.32. The highest BCUT2D eigenvalue weighted by atomic mass is 35.5. The lowest BCUT2D eigenvalue weighted by molar-refractivity contribution is -0.200. The fourth-order valence-electron chi connectivity index (χ4n) is 6.12. The number of likely N-dealkylation sites (tertiary alicyclic amines) is 1. The van der Waals surface area contributed by atoms with Crippen molar-refractivity contribution in [3.63, 3.8) is 0 Å². The minimum atomic E-state index is -0.298. The van der Waals surface area contributed by atoms with Gasteiger partial charge in [0.2, 0.25) is 5.91 Å². The standard InChI is InChI=1S/C34H44ClN3O3/c35-30-17-15-27(16-18-30)25-37-22-20-31(26-37)38(23-19-29-11-8-10-28-9-3-4-12-32(28)29)21-6-1-2-13-33(39)36-41-34-14-5-7-24-40-34/h3-4,8-12,15-18,31,34H,1-2,5-7,13-14,19-26H2,(H,36,39). The van der Waals surface area contributed by atoms with Gasteiger partial charge in [-0.3, -0.25) is 14.6 Å². The lowest BCUT2D eigenvalue weighted by Crippen LogP contribution is -2.39. The SMILES string of the molecule is O=C(CCCCCN(CCc1cccc2ccccc12)C1CCN(Cc2ccc(Cl)cc2)C1)NOC1CCCCO1. The topological polar surface area (TPSA) is 54.0 Å². The molecule has 0 aromatic heterocycles. The number of nitrogens with zero attached hydrogens (tertiary/aromatic N) is 2. The third-order valence-corrected chi connectivity index (χ3v) is 8.67. The minimum Gasteiger partial charge on any atom is -0.350 e. The van der Waals surface area contributed by atoms with Crippen molar-refractivity contribution >= 4 is 28.3 Å². The summed E-state index contributed by atoms with van der Waals surface area (Å²) < 4.78 is 5.52. The number of carbonyl (C=O) groups excluding carboxylic acids is 1. The average molecular weight is 578 g/mol. The summed E-state index contributed by atoms with van der Waals surface area (Å²) in [7, 11) is 0. The summed E-state index contributed by atoms with van der Waals surface area (Å²) >= 11 is 6.10. The molecule has 0 spiro atoms. The van der Waals surface area contributed by atoms with E-state index >= 15 is 0 Å². The molecule has 2 fully saturated rings. The zero-order chi connectivity index (χ0) is 28.3. The summed E-state index contributed by atoms with van der Waals surface area (Å²) in [5, 5.41) is 3.46. The van der Waals surface area contributed by atoms with E-state index in [4.69, 9.17) is 21.2 Å². The Balaban J connectivity index is 1.11. The zero-order valence-electron chi connectivity index (χ0n) is 24.1. The van der Waals surface area contributed by atoms with E-state index in [0.29, 0.717) is 19.1 Å². The highest BCUT2D eigenvalue weighted by Crippen LogP contribution is 2.23. The second-order valence-electron chi connectivity index (χ2n) is 11.5. The van der Waals surface area contributed by atoms with Crippen molar-refractivity contribution in [2.75, 3.05) is 32.8 Å². The molecule has 7 heteroatoms. The van der Waals surface area contributed by atoms with Crippen molar-refractivity contribution in [3.8, 4) is 0 Å². The predicted octanol–water partition coefficient (Wildman–Crippen LogP) is 6.75. The molecular weight excluding hydrogens is 534 g/mol. The molecule has 0 saturated carbocycles. The molecule has 2 aliphatic rings. The van der Waals surface area contributed by atoms with Crippen LogP contribution in [0.25, 0.3) is 10.8 Å². The second-order valence-corrected chi connectivity index (χ2v) is 11.9. The van der Waals surface area contributed by atoms with Crippen molar-refractivity contribution in [2.24, 2.45) is 0 Å². The zero-order valence-corrected chi connectivity index (χ0v) is 24.9. The highest BCUT2D eigenvalue weighted by Gasteiger charge is 2.27. The number of benzene rings is 3. The third kappa shape index (κ3) is 9.25. The number of hydroxylamine groups is 1. The maximum absolute atomic E-state index is 12.2. The van der Waals surface area contributed by atoms with Crippen LogP contribution in [0.5, 0.6) is 0 Å². The molecule has 3 aromatic carbocycles. The molecule has 2 heterocycles. The van der Waals surface area contributed by atoms with E-state index in [0.717, 1.165) is 82.7 Å². The van der Waals surface area contributed by atoms with E-state index in [9.17, 15) is 4.79 Å². The van der Waals surface area contributed by atoms with Crippen molar-refractivity contribution in [1.29, 1.82) is 0 Å². The first-order valence-electron chi connectivity index (χ1n) is 15.4. The van der Waals surface area contributed by atoms with Crippen molar-refractivity contribution in [2.45, 2.75) is 76.7 Å². The quantitative estimate of drug-likeness (QED) is 0.170. The van der Waals surface area contributed by atoms with Crippen LogP contribution in [-0.2, 0) is 27.3 Å². The Labute approximate surface area is 249 Å². The number of hydrogen-bond donors (Lipinski definition) is 1. The van der Waals surface area contributed by atoms with E-state index in [1.165, 1.54) is 28.3 Å². The molecule has 41 heavy (non-hydrogen) atoms. The Morgan fingerprint density at radius 1 is 0.976 bits per heavy atom. The molecule has 2 aliphatic heterocycles. The summed E-state index contributed by atoms with van der Waals surface area (Å²) in [6.45, 7) is 5.97. The number of fused-ring (bicyclic) bond motifs is 1. The van der Waals surface area contributed by atoms with Gasteiger partial charge >= 0.3 is 0 Å². The van der Waals surface area contributed by atoms with Gasteiger partial charge in [-0.2, -0.15) is 0 Å². The fraction of sp³-hybridized carbons (Fsp3) is 0.500. The number of carbonyl (C=O) groups is 1. The summed E-state index contributed by atoms with van der Waals surface area (Å²) in [6.07, 6.45) is 8.38. The van der Waals surface area contributed by atoms with Gasteiger partial charge in [-0.1, -0.05) is 72.6 Å². The van der Waals surface area contributed by atoms with Crippen LogP contribution in [0, 0.1) is 0 Å². The highest BCUT2D eigenvalue weighted by molar-refractivity contribution is 6.30. The van der Waals surface area contributed by atoms with Gasteiger partial charge in [-0.25, -0.2) is 10.3 Å². The summed E-state index contributed by atoms with van der Waals surface area (Å²) in [6, 6.07) is 24.1. The van der Waals surface area contributed by atoms with Crippen LogP contribution < -0.4 is 5.48 Å². The average Bonchev–Trinajstić information content (AvgIpc) is 3.47. The number of unbranched alkanes of at least 4 members (excludes halogenated alkanes) is 2. The Hall–Kier alpha value is -2.48. The third-order valence-electron chi connectivity index (χ3n) is 8.42. The predicted molar refractivity (Wildman–Crippen MR) is 166 cm³/mol. The Kier molecular flexibility index (Phi) is 11.5. The lowest BCUT2D eigenvalue weighted by Gasteiger charge is -2.29. The Morgan fingerprint density at radius 2 is 1.83 bits per heavy atom.